The van der Waals surface area contributed by atoms with Crippen LogP contribution in [0.5, 0.6) is 0 Å². The van der Waals surface area contributed by atoms with Gasteiger partial charge in [-0.3, -0.25) is 9.59 Å². The zero-order valence-electron chi connectivity index (χ0n) is 11.6. The highest BCUT2D eigenvalue weighted by Gasteiger charge is 2.66. The standard InChI is InChI=1S/C14H18O6/c1-5-10-8-14(10,12(16)18-4)13(17)20-7-6-19-11(15)9(2)3/h5,10H,1-2,6-8H2,3-4H3. The molecule has 1 aliphatic carbocycles. The van der Waals surface area contributed by atoms with E-state index in [4.69, 9.17) is 9.47 Å². The van der Waals surface area contributed by atoms with Crippen LogP contribution in [0.4, 0.5) is 0 Å². The molecule has 0 aromatic heterocycles. The molecule has 0 heterocycles. The largest absolute Gasteiger partial charge is 0.468 e. The number of methoxy groups -OCH3 is 1. The third-order valence-corrected chi connectivity index (χ3v) is 3.11. The van der Waals surface area contributed by atoms with Gasteiger partial charge in [0.25, 0.3) is 0 Å². The molecule has 2 unspecified atom stereocenters. The molecule has 20 heavy (non-hydrogen) atoms. The zero-order valence-corrected chi connectivity index (χ0v) is 11.6. The third kappa shape index (κ3) is 3.07. The summed E-state index contributed by atoms with van der Waals surface area (Å²) in [5.41, 5.74) is -1.02. The first-order valence-electron chi connectivity index (χ1n) is 6.11. The number of hydrogen-bond acceptors (Lipinski definition) is 6. The lowest BCUT2D eigenvalue weighted by Gasteiger charge is -2.13. The zero-order chi connectivity index (χ0) is 15.3. The van der Waals surface area contributed by atoms with Crippen molar-refractivity contribution < 1.29 is 28.6 Å². The van der Waals surface area contributed by atoms with E-state index in [1.54, 1.807) is 0 Å². The van der Waals surface area contributed by atoms with Crippen molar-refractivity contribution in [2.24, 2.45) is 11.3 Å². The number of rotatable bonds is 7. The predicted molar refractivity (Wildman–Crippen MR) is 69.5 cm³/mol. The molecule has 0 bridgehead atoms. The number of hydrogen-bond donors (Lipinski definition) is 0. The van der Waals surface area contributed by atoms with Crippen LogP contribution in [0.2, 0.25) is 0 Å². The number of ether oxygens (including phenoxy) is 3. The minimum atomic E-state index is -1.28. The fourth-order valence-corrected chi connectivity index (χ4v) is 1.83. The maximum Gasteiger partial charge on any atom is 0.333 e. The van der Waals surface area contributed by atoms with Crippen molar-refractivity contribution in [2.45, 2.75) is 13.3 Å². The first-order valence-corrected chi connectivity index (χ1v) is 6.11. The molecule has 0 aromatic carbocycles. The molecular weight excluding hydrogens is 264 g/mol. The molecule has 0 spiro atoms. The van der Waals surface area contributed by atoms with E-state index in [1.807, 2.05) is 0 Å². The van der Waals surface area contributed by atoms with Crippen LogP contribution >= 0.6 is 0 Å². The Morgan fingerprint density at radius 1 is 1.25 bits per heavy atom. The summed E-state index contributed by atoms with van der Waals surface area (Å²) in [5, 5.41) is 0. The highest BCUT2D eigenvalue weighted by molar-refractivity contribution is 6.04. The Morgan fingerprint density at radius 2 is 1.85 bits per heavy atom. The second-order valence-electron chi connectivity index (χ2n) is 4.56. The molecule has 0 N–H and O–H groups in total. The van der Waals surface area contributed by atoms with Gasteiger partial charge in [0.1, 0.15) is 13.2 Å². The van der Waals surface area contributed by atoms with Crippen LogP contribution in [-0.2, 0) is 28.6 Å². The Labute approximate surface area is 117 Å². The Morgan fingerprint density at radius 3 is 2.30 bits per heavy atom. The third-order valence-electron chi connectivity index (χ3n) is 3.11. The molecule has 1 fully saturated rings. The average Bonchev–Trinajstić information content (AvgIpc) is 3.17. The quantitative estimate of drug-likeness (QED) is 0.173. The topological polar surface area (TPSA) is 78.9 Å². The Kier molecular flexibility index (Phi) is 5.07. The van der Waals surface area contributed by atoms with Gasteiger partial charge in [0.05, 0.1) is 7.11 Å². The van der Waals surface area contributed by atoms with E-state index in [9.17, 15) is 14.4 Å². The normalized spacial score (nSPS) is 23.4. The van der Waals surface area contributed by atoms with Crippen LogP contribution in [0.3, 0.4) is 0 Å². The lowest BCUT2D eigenvalue weighted by Crippen LogP contribution is -2.31. The van der Waals surface area contributed by atoms with Crippen LogP contribution in [0, 0.1) is 11.3 Å². The van der Waals surface area contributed by atoms with E-state index in [2.05, 4.69) is 17.9 Å². The van der Waals surface area contributed by atoms with Crippen LogP contribution in [0.1, 0.15) is 13.3 Å². The van der Waals surface area contributed by atoms with Crippen LogP contribution in [0.15, 0.2) is 24.8 Å². The van der Waals surface area contributed by atoms with E-state index < -0.39 is 23.3 Å². The lowest BCUT2D eigenvalue weighted by atomic mass is 10.0. The summed E-state index contributed by atoms with van der Waals surface area (Å²) in [6.07, 6.45) is 1.85. The smallest absolute Gasteiger partial charge is 0.333 e. The van der Waals surface area contributed by atoms with Gasteiger partial charge in [0, 0.05) is 11.5 Å². The predicted octanol–water partition coefficient (Wildman–Crippen LogP) is 1.01. The maximum absolute atomic E-state index is 11.9. The van der Waals surface area contributed by atoms with Gasteiger partial charge in [-0.15, -0.1) is 6.58 Å². The number of allylic oxidation sites excluding steroid dienone is 1. The molecule has 1 rings (SSSR count). The van der Waals surface area contributed by atoms with Crippen molar-refractivity contribution in [3.63, 3.8) is 0 Å². The molecule has 6 nitrogen and oxygen atoms in total. The van der Waals surface area contributed by atoms with Gasteiger partial charge in [-0.25, -0.2) is 4.79 Å². The monoisotopic (exact) mass is 282 g/mol. The average molecular weight is 282 g/mol. The van der Waals surface area contributed by atoms with Gasteiger partial charge >= 0.3 is 17.9 Å². The molecule has 6 heteroatoms. The van der Waals surface area contributed by atoms with Crippen LogP contribution in [0.25, 0.3) is 0 Å². The second kappa shape index (κ2) is 6.36. The van der Waals surface area contributed by atoms with Crippen LogP contribution < -0.4 is 0 Å². The summed E-state index contributed by atoms with van der Waals surface area (Å²) in [4.78, 5) is 34.7. The summed E-state index contributed by atoms with van der Waals surface area (Å²) in [6, 6.07) is 0. The molecule has 0 saturated heterocycles. The Bertz CT molecular complexity index is 453. The molecule has 0 aliphatic heterocycles. The van der Waals surface area contributed by atoms with Crippen molar-refractivity contribution in [2.75, 3.05) is 20.3 Å². The molecule has 0 aromatic rings. The van der Waals surface area contributed by atoms with Gasteiger partial charge in [-0.1, -0.05) is 12.7 Å². The van der Waals surface area contributed by atoms with Gasteiger partial charge in [0.15, 0.2) is 5.41 Å². The lowest BCUT2D eigenvalue weighted by molar-refractivity contribution is -0.165. The molecule has 0 radical (unpaired) electrons. The molecule has 1 saturated carbocycles. The van der Waals surface area contributed by atoms with E-state index in [-0.39, 0.29) is 24.7 Å². The van der Waals surface area contributed by atoms with Gasteiger partial charge < -0.3 is 14.2 Å². The fourth-order valence-electron chi connectivity index (χ4n) is 1.83. The van der Waals surface area contributed by atoms with Gasteiger partial charge in [-0.2, -0.15) is 0 Å². The molecule has 1 aliphatic rings. The van der Waals surface area contributed by atoms with E-state index >= 15 is 0 Å². The minimum absolute atomic E-state index is 0.0898. The van der Waals surface area contributed by atoms with Crippen molar-refractivity contribution in [3.8, 4) is 0 Å². The molecular formula is C14H18O6. The van der Waals surface area contributed by atoms with Crippen molar-refractivity contribution in [3.05, 3.63) is 24.8 Å². The minimum Gasteiger partial charge on any atom is -0.468 e. The van der Waals surface area contributed by atoms with E-state index in [0.29, 0.717) is 6.42 Å². The summed E-state index contributed by atoms with van der Waals surface area (Å²) >= 11 is 0. The summed E-state index contributed by atoms with van der Waals surface area (Å²) in [5.74, 6) is -2.15. The van der Waals surface area contributed by atoms with E-state index in [0.717, 1.165) is 0 Å². The van der Waals surface area contributed by atoms with Gasteiger partial charge in [0.2, 0.25) is 0 Å². The first kappa shape index (κ1) is 15.9. The number of carbonyl (C=O) groups excluding carboxylic acids is 3. The Balaban J connectivity index is 2.46. The fraction of sp³-hybridized carbons (Fsp3) is 0.500. The maximum atomic E-state index is 11.9. The number of esters is 3. The molecule has 2 atom stereocenters. The highest BCUT2D eigenvalue weighted by Crippen LogP contribution is 2.55. The van der Waals surface area contributed by atoms with Gasteiger partial charge in [-0.05, 0) is 13.3 Å². The molecule has 0 amide bonds. The van der Waals surface area contributed by atoms with E-state index in [1.165, 1.54) is 20.1 Å². The SMILES string of the molecule is C=CC1CC1(C(=O)OC)C(=O)OCCOC(=O)C(=C)C. The summed E-state index contributed by atoms with van der Waals surface area (Å²) in [6.45, 7) is 8.28. The van der Waals surface area contributed by atoms with Crippen molar-refractivity contribution >= 4 is 17.9 Å². The highest BCUT2D eigenvalue weighted by atomic mass is 16.6. The summed E-state index contributed by atoms with van der Waals surface area (Å²) in [7, 11) is 1.21. The first-order chi connectivity index (χ1) is 9.40. The Hall–Kier alpha value is -2.11. The summed E-state index contributed by atoms with van der Waals surface area (Å²) < 4.78 is 14.4. The molecule has 110 valence electrons. The second-order valence-corrected chi connectivity index (χ2v) is 4.56. The number of carbonyl (C=O) groups is 3. The van der Waals surface area contributed by atoms with Crippen molar-refractivity contribution in [1.82, 2.24) is 0 Å². The van der Waals surface area contributed by atoms with Crippen LogP contribution in [-0.4, -0.2) is 38.2 Å². The van der Waals surface area contributed by atoms with Crippen molar-refractivity contribution in [1.29, 1.82) is 0 Å².